The molecule has 3 rings (SSSR count). The number of aromatic nitrogens is 1. The van der Waals surface area contributed by atoms with Gasteiger partial charge in [-0.15, -0.1) is 0 Å². The van der Waals surface area contributed by atoms with Crippen LogP contribution in [0, 0.1) is 20.8 Å². The normalized spacial score (nSPS) is 12.1. The van der Waals surface area contributed by atoms with Crippen molar-refractivity contribution >= 4 is 16.0 Å². The van der Waals surface area contributed by atoms with Gasteiger partial charge in [0.05, 0.1) is 23.3 Å². The van der Waals surface area contributed by atoms with E-state index in [4.69, 9.17) is 9.15 Å². The number of carbonyl (C=O) groups is 1. The largest absolute Gasteiger partial charge is 0.465 e. The van der Waals surface area contributed by atoms with Crippen LogP contribution in [0.3, 0.4) is 0 Å². The lowest BCUT2D eigenvalue weighted by molar-refractivity contribution is 0.0599. The van der Waals surface area contributed by atoms with Gasteiger partial charge in [-0.25, -0.2) is 22.9 Å². The molecule has 0 amide bonds. The Morgan fingerprint density at radius 1 is 1.09 bits per heavy atom. The number of aryl methyl sites for hydroxylation is 2. The molecule has 0 saturated heterocycles. The molecule has 3 aromatic rings. The van der Waals surface area contributed by atoms with Gasteiger partial charge in [0.2, 0.25) is 15.9 Å². The summed E-state index contributed by atoms with van der Waals surface area (Å²) >= 11 is 0. The summed E-state index contributed by atoms with van der Waals surface area (Å²) in [6.45, 7) is 11.9. The molecule has 0 unspecified atom stereocenters. The second-order valence-corrected chi connectivity index (χ2v) is 11.2. The third-order valence-corrected chi connectivity index (χ3v) is 7.34. The number of hydrogen-bond donors (Lipinski definition) is 1. The van der Waals surface area contributed by atoms with E-state index in [-0.39, 0.29) is 22.4 Å². The quantitative estimate of drug-likeness (QED) is 0.480. The van der Waals surface area contributed by atoms with Crippen LogP contribution in [0.2, 0.25) is 0 Å². The lowest BCUT2D eigenvalue weighted by Gasteiger charge is -2.18. The first-order valence-electron chi connectivity index (χ1n) is 11.1. The SMILES string of the molecule is COC(=O)c1cc(S(=O)(=O)NCCc2nc(-c3ccc(C(C)(C)C)cc3)oc2C)cc(C)c1C. The van der Waals surface area contributed by atoms with Crippen LogP contribution in [0.1, 0.15) is 59.3 Å². The zero-order valence-electron chi connectivity index (χ0n) is 20.8. The first-order valence-corrected chi connectivity index (χ1v) is 12.6. The summed E-state index contributed by atoms with van der Waals surface area (Å²) in [5.41, 5.74) is 4.44. The zero-order chi connectivity index (χ0) is 25.3. The van der Waals surface area contributed by atoms with Gasteiger partial charge >= 0.3 is 5.97 Å². The van der Waals surface area contributed by atoms with E-state index in [0.717, 1.165) is 5.56 Å². The van der Waals surface area contributed by atoms with Crippen LogP contribution in [0.5, 0.6) is 0 Å². The van der Waals surface area contributed by atoms with Crippen molar-refractivity contribution in [1.29, 1.82) is 0 Å². The monoisotopic (exact) mass is 484 g/mol. The fourth-order valence-corrected chi connectivity index (χ4v) is 4.73. The van der Waals surface area contributed by atoms with E-state index >= 15 is 0 Å². The Morgan fingerprint density at radius 3 is 2.32 bits per heavy atom. The average Bonchev–Trinajstić information content (AvgIpc) is 3.14. The molecule has 34 heavy (non-hydrogen) atoms. The topological polar surface area (TPSA) is 98.5 Å². The number of carbonyl (C=O) groups excluding carboxylic acids is 1. The summed E-state index contributed by atoms with van der Waals surface area (Å²) in [4.78, 5) is 16.6. The molecule has 8 heteroatoms. The molecule has 182 valence electrons. The van der Waals surface area contributed by atoms with Crippen LogP contribution in [-0.2, 0) is 26.6 Å². The summed E-state index contributed by atoms with van der Waals surface area (Å²) in [7, 11) is -2.56. The Morgan fingerprint density at radius 2 is 1.74 bits per heavy atom. The van der Waals surface area contributed by atoms with Crippen molar-refractivity contribution in [3.63, 3.8) is 0 Å². The van der Waals surface area contributed by atoms with Crippen LogP contribution >= 0.6 is 0 Å². The molecule has 0 atom stereocenters. The maximum absolute atomic E-state index is 12.9. The van der Waals surface area contributed by atoms with Gasteiger partial charge in [0.1, 0.15) is 5.76 Å². The van der Waals surface area contributed by atoms with E-state index in [1.54, 1.807) is 19.9 Å². The van der Waals surface area contributed by atoms with Gasteiger partial charge in [0, 0.05) is 18.5 Å². The molecule has 0 aliphatic rings. The lowest BCUT2D eigenvalue weighted by atomic mass is 9.87. The average molecular weight is 485 g/mol. The van der Waals surface area contributed by atoms with E-state index in [0.29, 0.717) is 34.9 Å². The maximum atomic E-state index is 12.9. The molecule has 0 radical (unpaired) electrons. The highest BCUT2D eigenvalue weighted by molar-refractivity contribution is 7.89. The van der Waals surface area contributed by atoms with Gasteiger partial charge in [-0.2, -0.15) is 0 Å². The smallest absolute Gasteiger partial charge is 0.338 e. The molecule has 0 fully saturated rings. The first-order chi connectivity index (χ1) is 15.8. The molecule has 0 bridgehead atoms. The standard InChI is InChI=1S/C26H32N2O5S/c1-16-14-21(15-22(17(16)2)25(29)32-7)34(30,31)27-13-12-23-18(3)33-24(28-23)19-8-10-20(11-9-19)26(4,5)6/h8-11,14-15,27H,12-13H2,1-7H3. The minimum atomic E-state index is -3.83. The lowest BCUT2D eigenvalue weighted by Crippen LogP contribution is -2.26. The number of ether oxygens (including phenoxy) is 1. The number of methoxy groups -OCH3 is 1. The predicted octanol–water partition coefficient (Wildman–Crippen LogP) is 4.87. The molecule has 1 aromatic heterocycles. The summed E-state index contributed by atoms with van der Waals surface area (Å²) in [5, 5.41) is 0. The van der Waals surface area contributed by atoms with Crippen molar-refractivity contribution in [2.45, 2.75) is 58.3 Å². The van der Waals surface area contributed by atoms with Gasteiger partial charge in [0.15, 0.2) is 0 Å². The molecule has 1 heterocycles. The Balaban J connectivity index is 1.73. The Kier molecular flexibility index (Phi) is 7.33. The second-order valence-electron chi connectivity index (χ2n) is 9.40. The summed E-state index contributed by atoms with van der Waals surface area (Å²) < 4.78 is 38.9. The van der Waals surface area contributed by atoms with Crippen molar-refractivity contribution in [2.24, 2.45) is 0 Å². The second kappa shape index (κ2) is 9.72. The van der Waals surface area contributed by atoms with Crippen molar-refractivity contribution in [3.8, 4) is 11.5 Å². The van der Waals surface area contributed by atoms with Gasteiger partial charge < -0.3 is 9.15 Å². The molecule has 2 aromatic carbocycles. The molecule has 0 aliphatic heterocycles. The van der Waals surface area contributed by atoms with E-state index in [1.807, 2.05) is 19.1 Å². The fraction of sp³-hybridized carbons (Fsp3) is 0.385. The molecule has 0 aliphatic carbocycles. The Hall–Kier alpha value is -2.97. The maximum Gasteiger partial charge on any atom is 0.338 e. The van der Waals surface area contributed by atoms with Crippen molar-refractivity contribution in [1.82, 2.24) is 9.71 Å². The minimum Gasteiger partial charge on any atom is -0.465 e. The van der Waals surface area contributed by atoms with Crippen LogP contribution in [-0.4, -0.2) is 33.0 Å². The van der Waals surface area contributed by atoms with Crippen LogP contribution in [0.25, 0.3) is 11.5 Å². The van der Waals surface area contributed by atoms with Crippen molar-refractivity contribution in [3.05, 3.63) is 70.1 Å². The van der Waals surface area contributed by atoms with Crippen molar-refractivity contribution < 1.29 is 22.4 Å². The molecular weight excluding hydrogens is 452 g/mol. The highest BCUT2D eigenvalue weighted by Gasteiger charge is 2.21. The fourth-order valence-electron chi connectivity index (χ4n) is 3.59. The predicted molar refractivity (Wildman–Crippen MR) is 132 cm³/mol. The number of hydrogen-bond acceptors (Lipinski definition) is 6. The molecule has 7 nitrogen and oxygen atoms in total. The third kappa shape index (κ3) is 5.56. The van der Waals surface area contributed by atoms with Gasteiger partial charge in [-0.1, -0.05) is 32.9 Å². The van der Waals surface area contributed by atoms with Gasteiger partial charge in [-0.05, 0) is 67.1 Å². The number of oxazole rings is 1. The summed E-state index contributed by atoms with van der Waals surface area (Å²) in [5.74, 6) is 0.583. The molecule has 0 spiro atoms. The van der Waals surface area contributed by atoms with Crippen LogP contribution in [0.15, 0.2) is 45.7 Å². The summed E-state index contributed by atoms with van der Waals surface area (Å²) in [6.07, 6.45) is 0.364. The molecular formula is C26H32N2O5S. The Bertz CT molecular complexity index is 1300. The number of nitrogens with one attached hydrogen (secondary N) is 1. The highest BCUT2D eigenvalue weighted by Crippen LogP contribution is 2.27. The number of rotatable bonds is 7. The van der Waals surface area contributed by atoms with E-state index in [2.05, 4.69) is 42.6 Å². The summed E-state index contributed by atoms with van der Waals surface area (Å²) in [6, 6.07) is 11.0. The Labute approximate surface area is 201 Å². The number of esters is 1. The number of sulfonamides is 1. The first kappa shape index (κ1) is 25.6. The van der Waals surface area contributed by atoms with Gasteiger partial charge in [-0.3, -0.25) is 0 Å². The zero-order valence-corrected chi connectivity index (χ0v) is 21.6. The molecule has 0 saturated carbocycles. The highest BCUT2D eigenvalue weighted by atomic mass is 32.2. The number of nitrogens with zero attached hydrogens (tertiary/aromatic N) is 1. The van der Waals surface area contributed by atoms with E-state index < -0.39 is 16.0 Å². The van der Waals surface area contributed by atoms with E-state index in [9.17, 15) is 13.2 Å². The van der Waals surface area contributed by atoms with Crippen LogP contribution < -0.4 is 4.72 Å². The van der Waals surface area contributed by atoms with Crippen molar-refractivity contribution in [2.75, 3.05) is 13.7 Å². The third-order valence-electron chi connectivity index (χ3n) is 5.90. The van der Waals surface area contributed by atoms with Gasteiger partial charge in [0.25, 0.3) is 0 Å². The number of benzene rings is 2. The van der Waals surface area contributed by atoms with E-state index in [1.165, 1.54) is 18.7 Å². The minimum absolute atomic E-state index is 0.0208. The molecule has 1 N–H and O–H groups in total. The van der Waals surface area contributed by atoms with Crippen LogP contribution in [0.4, 0.5) is 0 Å².